The molecule has 0 saturated heterocycles. The Labute approximate surface area is 287 Å². The molecular formula is C45H25N5. The molecule has 0 bridgehead atoms. The first kappa shape index (κ1) is 28.8. The Morgan fingerprint density at radius 1 is 0.360 bits per heavy atom. The summed E-state index contributed by atoms with van der Waals surface area (Å²) in [4.78, 5) is 0. The molecule has 50 heavy (non-hydrogen) atoms. The second kappa shape index (κ2) is 11.4. The van der Waals surface area contributed by atoms with Crippen LogP contribution in [0, 0.1) is 34.0 Å². The van der Waals surface area contributed by atoms with Crippen LogP contribution in [0.5, 0.6) is 0 Å². The van der Waals surface area contributed by atoms with Crippen LogP contribution in [0.3, 0.4) is 0 Å². The molecule has 2 heterocycles. The van der Waals surface area contributed by atoms with E-state index in [1.54, 1.807) is 0 Å². The van der Waals surface area contributed by atoms with E-state index in [0.29, 0.717) is 16.7 Å². The second-order valence-electron chi connectivity index (χ2n) is 12.4. The Balaban J connectivity index is 1.17. The summed E-state index contributed by atoms with van der Waals surface area (Å²) >= 11 is 0. The smallest absolute Gasteiger partial charge is 0.0992 e. The summed E-state index contributed by atoms with van der Waals surface area (Å²) in [5.41, 5.74) is 12.0. The number of hydrogen-bond acceptors (Lipinski definition) is 3. The molecule has 5 nitrogen and oxygen atoms in total. The average molecular weight is 636 g/mol. The molecule has 0 saturated carbocycles. The molecule has 0 aliphatic carbocycles. The van der Waals surface area contributed by atoms with E-state index in [2.05, 4.69) is 124 Å². The molecule has 0 radical (unpaired) electrons. The normalized spacial score (nSPS) is 11.1. The minimum absolute atomic E-state index is 0.580. The highest BCUT2D eigenvalue weighted by molar-refractivity contribution is 6.11. The molecule has 230 valence electrons. The highest BCUT2D eigenvalue weighted by atomic mass is 15.0. The Morgan fingerprint density at radius 3 is 1.66 bits per heavy atom. The van der Waals surface area contributed by atoms with E-state index in [1.807, 2.05) is 54.6 Å². The number of rotatable bonds is 4. The standard InChI is InChI=1S/C45H25N5/c46-26-29-14-21-43-40(22-29)39-20-13-31(28-48)24-45(39)49(43)35-7-5-6-34(25-35)32-15-17-33(18-16-32)36-19-12-30(27-47)23-44(36)50-41-10-3-1-8-37(41)38-9-2-4-11-42(38)50/h1-25H. The molecule has 2 aromatic heterocycles. The van der Waals surface area contributed by atoms with Gasteiger partial charge in [0.05, 0.1) is 62.7 Å². The SMILES string of the molecule is N#Cc1ccc(-c2ccc(-c3cccc(-n4c5ccc(C#N)cc5c5ccc(C#N)cc54)c3)cc2)c(-n2c3ccccc3c3ccccc32)c1. The fourth-order valence-electron chi connectivity index (χ4n) is 7.32. The van der Waals surface area contributed by atoms with Gasteiger partial charge in [0.25, 0.3) is 0 Å². The number of nitriles is 3. The van der Waals surface area contributed by atoms with Gasteiger partial charge in [0, 0.05) is 32.8 Å². The summed E-state index contributed by atoms with van der Waals surface area (Å²) in [5, 5.41) is 33.5. The van der Waals surface area contributed by atoms with Crippen molar-refractivity contribution in [1.82, 2.24) is 9.13 Å². The van der Waals surface area contributed by atoms with Crippen molar-refractivity contribution in [2.45, 2.75) is 0 Å². The zero-order valence-electron chi connectivity index (χ0n) is 26.7. The van der Waals surface area contributed by atoms with E-state index < -0.39 is 0 Å². The number of hydrogen-bond donors (Lipinski definition) is 0. The zero-order chi connectivity index (χ0) is 33.8. The van der Waals surface area contributed by atoms with E-state index >= 15 is 0 Å². The Bertz CT molecular complexity index is 2900. The van der Waals surface area contributed by atoms with Crippen molar-refractivity contribution >= 4 is 43.6 Å². The fourth-order valence-corrected chi connectivity index (χ4v) is 7.32. The van der Waals surface area contributed by atoms with Crippen LogP contribution < -0.4 is 0 Å². The van der Waals surface area contributed by atoms with Crippen molar-refractivity contribution in [3.63, 3.8) is 0 Å². The van der Waals surface area contributed by atoms with Crippen molar-refractivity contribution in [1.29, 1.82) is 15.8 Å². The van der Waals surface area contributed by atoms with Crippen molar-refractivity contribution in [2.75, 3.05) is 0 Å². The summed E-state index contributed by atoms with van der Waals surface area (Å²) in [7, 11) is 0. The zero-order valence-corrected chi connectivity index (χ0v) is 26.7. The van der Waals surface area contributed by atoms with E-state index in [0.717, 1.165) is 66.5 Å². The molecule has 9 aromatic rings. The summed E-state index contributed by atoms with van der Waals surface area (Å²) in [6.07, 6.45) is 0. The lowest BCUT2D eigenvalue weighted by Crippen LogP contribution is -1.98. The molecule has 9 rings (SSSR count). The minimum atomic E-state index is 0.580. The van der Waals surface area contributed by atoms with Gasteiger partial charge < -0.3 is 9.13 Å². The van der Waals surface area contributed by atoms with E-state index in [9.17, 15) is 15.8 Å². The molecule has 0 N–H and O–H groups in total. The van der Waals surface area contributed by atoms with Gasteiger partial charge in [0.15, 0.2) is 0 Å². The summed E-state index contributed by atoms with van der Waals surface area (Å²) in [6, 6.07) is 58.0. The molecular weight excluding hydrogens is 611 g/mol. The first-order valence-electron chi connectivity index (χ1n) is 16.3. The first-order chi connectivity index (χ1) is 24.6. The Hall–Kier alpha value is -7.39. The summed E-state index contributed by atoms with van der Waals surface area (Å²) in [6.45, 7) is 0. The van der Waals surface area contributed by atoms with Gasteiger partial charge in [-0.05, 0) is 83.4 Å². The van der Waals surface area contributed by atoms with Crippen molar-refractivity contribution < 1.29 is 0 Å². The third-order valence-corrected chi connectivity index (χ3v) is 9.61. The van der Waals surface area contributed by atoms with Gasteiger partial charge in [0.2, 0.25) is 0 Å². The highest BCUT2D eigenvalue weighted by Gasteiger charge is 2.17. The molecule has 0 spiro atoms. The minimum Gasteiger partial charge on any atom is -0.309 e. The summed E-state index contributed by atoms with van der Waals surface area (Å²) in [5.74, 6) is 0. The number of nitrogens with zero attached hydrogens (tertiary/aromatic N) is 5. The molecule has 0 amide bonds. The van der Waals surface area contributed by atoms with Gasteiger partial charge in [-0.1, -0.05) is 84.9 Å². The predicted octanol–water partition coefficient (Wildman–Crippen LogP) is 10.8. The Morgan fingerprint density at radius 2 is 0.940 bits per heavy atom. The molecule has 0 unspecified atom stereocenters. The van der Waals surface area contributed by atoms with Crippen LogP contribution in [0.25, 0.3) is 77.2 Å². The molecule has 0 aliphatic rings. The second-order valence-corrected chi connectivity index (χ2v) is 12.4. The number of para-hydroxylation sites is 2. The maximum absolute atomic E-state index is 9.88. The van der Waals surface area contributed by atoms with Crippen LogP contribution in [0.15, 0.2) is 152 Å². The third-order valence-electron chi connectivity index (χ3n) is 9.61. The number of fused-ring (bicyclic) bond motifs is 6. The molecule has 5 heteroatoms. The molecule has 0 atom stereocenters. The van der Waals surface area contributed by atoms with Crippen LogP contribution in [-0.2, 0) is 0 Å². The van der Waals surface area contributed by atoms with Crippen LogP contribution in [0.1, 0.15) is 16.7 Å². The molecule has 0 aliphatic heterocycles. The highest BCUT2D eigenvalue weighted by Crippen LogP contribution is 2.38. The van der Waals surface area contributed by atoms with Gasteiger partial charge in [-0.15, -0.1) is 0 Å². The van der Waals surface area contributed by atoms with Crippen LogP contribution in [-0.4, -0.2) is 9.13 Å². The van der Waals surface area contributed by atoms with Crippen molar-refractivity contribution in [3.05, 3.63) is 168 Å². The van der Waals surface area contributed by atoms with Crippen LogP contribution in [0.2, 0.25) is 0 Å². The molecule has 7 aromatic carbocycles. The lowest BCUT2D eigenvalue weighted by atomic mass is 9.97. The maximum atomic E-state index is 9.88. The fraction of sp³-hybridized carbons (Fsp3) is 0. The number of aromatic nitrogens is 2. The third kappa shape index (κ3) is 4.45. The van der Waals surface area contributed by atoms with Gasteiger partial charge >= 0.3 is 0 Å². The van der Waals surface area contributed by atoms with Gasteiger partial charge in [-0.2, -0.15) is 15.8 Å². The van der Waals surface area contributed by atoms with E-state index in [4.69, 9.17) is 0 Å². The van der Waals surface area contributed by atoms with Gasteiger partial charge in [0.1, 0.15) is 0 Å². The quantitative estimate of drug-likeness (QED) is 0.193. The average Bonchev–Trinajstić information content (AvgIpc) is 3.69. The lowest BCUT2D eigenvalue weighted by Gasteiger charge is -2.15. The Kier molecular flexibility index (Phi) is 6.56. The largest absolute Gasteiger partial charge is 0.309 e. The van der Waals surface area contributed by atoms with E-state index in [-0.39, 0.29) is 0 Å². The van der Waals surface area contributed by atoms with Crippen LogP contribution in [0.4, 0.5) is 0 Å². The summed E-state index contributed by atoms with van der Waals surface area (Å²) < 4.78 is 4.43. The topological polar surface area (TPSA) is 81.2 Å². The van der Waals surface area contributed by atoms with E-state index in [1.165, 1.54) is 10.8 Å². The monoisotopic (exact) mass is 635 g/mol. The lowest BCUT2D eigenvalue weighted by molar-refractivity contribution is 1.18. The van der Waals surface area contributed by atoms with Crippen LogP contribution >= 0.6 is 0 Å². The van der Waals surface area contributed by atoms with Gasteiger partial charge in [-0.25, -0.2) is 0 Å². The maximum Gasteiger partial charge on any atom is 0.0992 e. The van der Waals surface area contributed by atoms with Gasteiger partial charge in [-0.3, -0.25) is 0 Å². The first-order valence-corrected chi connectivity index (χ1v) is 16.3. The van der Waals surface area contributed by atoms with Crippen molar-refractivity contribution in [2.24, 2.45) is 0 Å². The molecule has 0 fully saturated rings. The predicted molar refractivity (Wildman–Crippen MR) is 200 cm³/mol. The number of benzene rings is 7. The van der Waals surface area contributed by atoms with Crippen molar-refractivity contribution in [3.8, 4) is 51.8 Å².